The monoisotopic (exact) mass is 465 g/mol. The van der Waals surface area contributed by atoms with Gasteiger partial charge < -0.3 is 5.11 Å². The van der Waals surface area contributed by atoms with Crippen LogP contribution in [0.5, 0.6) is 5.75 Å². The molecule has 0 saturated heterocycles. The van der Waals surface area contributed by atoms with Gasteiger partial charge in [-0.2, -0.15) is 5.10 Å². The first-order chi connectivity index (χ1) is 14.2. The average Bonchev–Trinajstić information content (AvgIpc) is 2.69. The largest absolute Gasteiger partial charge is 0.507 e. The van der Waals surface area contributed by atoms with E-state index in [1.54, 1.807) is 6.07 Å². The number of nitrogens with zero attached hydrogens (tertiary/aromatic N) is 2. The Morgan fingerprint density at radius 3 is 2.63 bits per heavy atom. The fourth-order valence-corrected chi connectivity index (χ4v) is 4.11. The van der Waals surface area contributed by atoms with Crippen molar-refractivity contribution < 1.29 is 18.3 Å². The first-order valence-electron chi connectivity index (χ1n) is 8.62. The fraction of sp³-hybridized carbons (Fsp3) is 0.100. The highest BCUT2D eigenvalue weighted by Gasteiger charge is 2.23. The zero-order valence-electron chi connectivity index (χ0n) is 15.7. The highest BCUT2D eigenvalue weighted by molar-refractivity contribution is 7.92. The molecule has 2 N–H and O–H groups in total. The molecular formula is C20H17Cl2N3O4S. The lowest BCUT2D eigenvalue weighted by Crippen LogP contribution is -2.39. The number of aromatic hydroxyl groups is 1. The predicted octanol–water partition coefficient (Wildman–Crippen LogP) is 3.77. The van der Waals surface area contributed by atoms with Gasteiger partial charge in [-0.05, 0) is 35.0 Å². The normalized spacial score (nSPS) is 11.7. The van der Waals surface area contributed by atoms with Crippen molar-refractivity contribution in [2.24, 2.45) is 5.10 Å². The third kappa shape index (κ3) is 5.02. The maximum absolute atomic E-state index is 12.3. The summed E-state index contributed by atoms with van der Waals surface area (Å²) in [5.74, 6) is -0.706. The van der Waals surface area contributed by atoms with E-state index >= 15 is 0 Å². The van der Waals surface area contributed by atoms with Gasteiger partial charge in [0.15, 0.2) is 0 Å². The Morgan fingerprint density at radius 2 is 1.90 bits per heavy atom. The molecule has 0 fully saturated rings. The molecule has 0 saturated carbocycles. The van der Waals surface area contributed by atoms with Gasteiger partial charge in [0.1, 0.15) is 12.3 Å². The molecule has 3 aromatic rings. The molecule has 0 radical (unpaired) electrons. The van der Waals surface area contributed by atoms with Gasteiger partial charge >= 0.3 is 0 Å². The van der Waals surface area contributed by atoms with Crippen molar-refractivity contribution in [1.82, 2.24) is 5.43 Å². The average molecular weight is 466 g/mol. The molecule has 0 atom stereocenters. The summed E-state index contributed by atoms with van der Waals surface area (Å²) >= 11 is 12.0. The van der Waals surface area contributed by atoms with E-state index in [1.165, 1.54) is 30.5 Å². The third-order valence-electron chi connectivity index (χ3n) is 4.19. The van der Waals surface area contributed by atoms with Gasteiger partial charge in [-0.15, -0.1) is 0 Å². The van der Waals surface area contributed by atoms with Crippen molar-refractivity contribution in [1.29, 1.82) is 0 Å². The Balaban J connectivity index is 1.81. The van der Waals surface area contributed by atoms with Crippen LogP contribution in [0.1, 0.15) is 5.56 Å². The quantitative estimate of drug-likeness (QED) is 0.427. The molecule has 7 nitrogen and oxygen atoms in total. The zero-order chi connectivity index (χ0) is 21.9. The smallest absolute Gasteiger partial charge is 0.260 e. The van der Waals surface area contributed by atoms with Crippen LogP contribution >= 0.6 is 23.2 Å². The number of rotatable bonds is 6. The van der Waals surface area contributed by atoms with E-state index in [4.69, 9.17) is 23.2 Å². The molecule has 0 unspecified atom stereocenters. The van der Waals surface area contributed by atoms with Gasteiger partial charge in [-0.25, -0.2) is 13.8 Å². The number of carbonyl (C=O) groups excluding carboxylic acids is 1. The standard InChI is InChI=1S/C20H17Cl2N3O4S/c1-30(28,29)25(18-10-14(21)7-8-17(18)22)12-20(27)24-23-11-16-15-5-3-2-4-13(15)6-9-19(16)26/h2-11,26H,12H2,1H3,(H,24,27)/b23-11-. The fourth-order valence-electron chi connectivity index (χ4n) is 2.81. The molecule has 3 aromatic carbocycles. The van der Waals surface area contributed by atoms with Crippen LogP contribution in [0, 0.1) is 0 Å². The summed E-state index contributed by atoms with van der Waals surface area (Å²) in [4.78, 5) is 12.3. The van der Waals surface area contributed by atoms with Gasteiger partial charge in [0.05, 0.1) is 23.2 Å². The number of benzene rings is 3. The first kappa shape index (κ1) is 21.9. The third-order valence-corrected chi connectivity index (χ3v) is 5.88. The van der Waals surface area contributed by atoms with Gasteiger partial charge in [-0.1, -0.05) is 53.5 Å². The van der Waals surface area contributed by atoms with Crippen molar-refractivity contribution in [3.63, 3.8) is 0 Å². The lowest BCUT2D eigenvalue weighted by atomic mass is 10.0. The Hall–Kier alpha value is -2.81. The number of amides is 1. The first-order valence-corrected chi connectivity index (χ1v) is 11.2. The maximum atomic E-state index is 12.3. The Bertz CT molecular complexity index is 1250. The van der Waals surface area contributed by atoms with Crippen LogP contribution < -0.4 is 9.73 Å². The number of halogens is 2. The molecule has 0 heterocycles. The van der Waals surface area contributed by atoms with Crippen LogP contribution in [0.4, 0.5) is 5.69 Å². The van der Waals surface area contributed by atoms with Crippen molar-refractivity contribution in [3.05, 3.63) is 70.2 Å². The minimum absolute atomic E-state index is 0.00447. The van der Waals surface area contributed by atoms with Crippen LogP contribution in [0.2, 0.25) is 10.0 Å². The second-order valence-corrected chi connectivity index (χ2v) is 9.13. The van der Waals surface area contributed by atoms with Gasteiger partial charge in [0.25, 0.3) is 5.91 Å². The zero-order valence-corrected chi connectivity index (χ0v) is 18.0. The number of hydrogen-bond donors (Lipinski definition) is 2. The summed E-state index contributed by atoms with van der Waals surface area (Å²) in [6.07, 6.45) is 2.25. The molecule has 0 aliphatic rings. The van der Waals surface area contributed by atoms with Crippen molar-refractivity contribution >= 4 is 61.8 Å². The number of fused-ring (bicyclic) bond motifs is 1. The second-order valence-electron chi connectivity index (χ2n) is 6.38. The number of hydrogen-bond acceptors (Lipinski definition) is 5. The molecule has 0 aromatic heterocycles. The van der Waals surface area contributed by atoms with E-state index in [2.05, 4.69) is 10.5 Å². The minimum Gasteiger partial charge on any atom is -0.507 e. The number of hydrazone groups is 1. The van der Waals surface area contributed by atoms with E-state index < -0.39 is 22.5 Å². The summed E-state index contributed by atoms with van der Waals surface area (Å²) in [7, 11) is -3.83. The molecule has 0 bridgehead atoms. The molecule has 3 rings (SSSR count). The summed E-state index contributed by atoms with van der Waals surface area (Å²) in [6, 6.07) is 15.0. The highest BCUT2D eigenvalue weighted by Crippen LogP contribution is 2.30. The van der Waals surface area contributed by atoms with E-state index in [1.807, 2.05) is 24.3 Å². The molecule has 0 aliphatic heterocycles. The Morgan fingerprint density at radius 1 is 1.17 bits per heavy atom. The molecule has 30 heavy (non-hydrogen) atoms. The summed E-state index contributed by atoms with van der Waals surface area (Å²) in [5.41, 5.74) is 2.77. The number of anilines is 1. The molecular weight excluding hydrogens is 449 g/mol. The van der Waals surface area contributed by atoms with E-state index in [0.29, 0.717) is 5.56 Å². The number of nitrogens with one attached hydrogen (secondary N) is 1. The van der Waals surface area contributed by atoms with Crippen LogP contribution in [-0.2, 0) is 14.8 Å². The van der Waals surface area contributed by atoms with Crippen LogP contribution in [0.15, 0.2) is 59.7 Å². The van der Waals surface area contributed by atoms with E-state index in [9.17, 15) is 18.3 Å². The minimum atomic E-state index is -3.83. The molecule has 1 amide bonds. The van der Waals surface area contributed by atoms with Crippen LogP contribution in [0.25, 0.3) is 10.8 Å². The second kappa shape index (κ2) is 8.91. The SMILES string of the molecule is CS(=O)(=O)N(CC(=O)N/N=C\c1c(O)ccc2ccccc12)c1cc(Cl)ccc1Cl. The van der Waals surface area contributed by atoms with Crippen molar-refractivity contribution in [3.8, 4) is 5.75 Å². The topological polar surface area (TPSA) is 99.1 Å². The number of phenols is 1. The summed E-state index contributed by atoms with van der Waals surface area (Å²) in [6.45, 7) is -0.558. The van der Waals surface area contributed by atoms with E-state index in [0.717, 1.165) is 21.3 Å². The van der Waals surface area contributed by atoms with Crippen LogP contribution in [-0.4, -0.2) is 38.4 Å². The molecule has 0 aliphatic carbocycles. The molecule has 156 valence electrons. The molecule has 10 heteroatoms. The van der Waals surface area contributed by atoms with Crippen LogP contribution in [0.3, 0.4) is 0 Å². The maximum Gasteiger partial charge on any atom is 0.260 e. The predicted molar refractivity (Wildman–Crippen MR) is 120 cm³/mol. The van der Waals surface area contributed by atoms with Gasteiger partial charge in [-0.3, -0.25) is 9.10 Å². The Labute approximate surface area is 183 Å². The lowest BCUT2D eigenvalue weighted by Gasteiger charge is -2.22. The van der Waals surface area contributed by atoms with Crippen molar-refractivity contribution in [2.75, 3.05) is 17.1 Å². The number of carbonyl (C=O) groups is 1. The van der Waals surface area contributed by atoms with Gasteiger partial charge in [0, 0.05) is 10.6 Å². The summed E-state index contributed by atoms with van der Waals surface area (Å²) < 4.78 is 25.2. The number of sulfonamides is 1. The van der Waals surface area contributed by atoms with E-state index in [-0.39, 0.29) is 21.5 Å². The number of phenolic OH excluding ortho intramolecular Hbond substituents is 1. The lowest BCUT2D eigenvalue weighted by molar-refractivity contribution is -0.119. The van der Waals surface area contributed by atoms with Gasteiger partial charge in [0.2, 0.25) is 10.0 Å². The van der Waals surface area contributed by atoms with Crippen molar-refractivity contribution in [2.45, 2.75) is 0 Å². The Kier molecular flexibility index (Phi) is 6.50. The highest BCUT2D eigenvalue weighted by atomic mass is 35.5. The summed E-state index contributed by atoms with van der Waals surface area (Å²) in [5, 5.41) is 16.0. The molecule has 0 spiro atoms.